The van der Waals surface area contributed by atoms with Gasteiger partial charge in [-0.2, -0.15) is 0 Å². The molecule has 2 amide bonds. The van der Waals surface area contributed by atoms with Crippen molar-refractivity contribution in [1.82, 2.24) is 10.6 Å². The number of aliphatic hydroxyl groups excluding tert-OH is 13. The highest BCUT2D eigenvalue weighted by Gasteiger charge is 2.61. The van der Waals surface area contributed by atoms with Crippen molar-refractivity contribution >= 4 is 23.6 Å². The second-order valence-electron chi connectivity index (χ2n) is 27.9. The van der Waals surface area contributed by atoms with Crippen molar-refractivity contribution in [3.05, 3.63) is 0 Å². The Labute approximate surface area is 580 Å². The predicted octanol–water partition coefficient (Wildman–Crippen LogP) is 3.23. The molecular weight excluding hydrogens is 1280 g/mol. The number of aliphatic hydroxyl groups is 13. The summed E-state index contributed by atoms with van der Waals surface area (Å²) in [5.41, 5.74) is 0. The van der Waals surface area contributed by atoms with Gasteiger partial charge in [0.05, 0.1) is 63.4 Å². The maximum Gasteiger partial charge on any atom is 0.364 e. The molecule has 4 heterocycles. The number of carbonyl (C=O) groups excluding carboxylic acids is 3. The number of hydrogen-bond acceptors (Lipinski definition) is 25. The first-order chi connectivity index (χ1) is 47.0. The van der Waals surface area contributed by atoms with Gasteiger partial charge in [-0.25, -0.2) is 4.79 Å². The fourth-order valence-corrected chi connectivity index (χ4v) is 13.7. The van der Waals surface area contributed by atoms with Gasteiger partial charge in [0.2, 0.25) is 11.8 Å². The molecule has 23 unspecified atom stereocenters. The molecule has 0 saturated carbocycles. The molecule has 28 nitrogen and oxygen atoms in total. The van der Waals surface area contributed by atoms with E-state index in [1.807, 2.05) is 0 Å². The molecule has 0 bridgehead atoms. The molecule has 28 heteroatoms. The van der Waals surface area contributed by atoms with Crippen LogP contribution in [0.25, 0.3) is 0 Å². The van der Waals surface area contributed by atoms with Crippen molar-refractivity contribution in [3.63, 3.8) is 0 Å². The van der Waals surface area contributed by atoms with Crippen LogP contribution in [0.4, 0.5) is 0 Å². The lowest BCUT2D eigenvalue weighted by atomic mass is 9.87. The lowest BCUT2D eigenvalue weighted by Crippen LogP contribution is -2.71. The van der Waals surface area contributed by atoms with E-state index in [0.29, 0.717) is 19.3 Å². The van der Waals surface area contributed by atoms with Gasteiger partial charge in [-0.15, -0.1) is 0 Å². The van der Waals surface area contributed by atoms with Crippen LogP contribution in [0.3, 0.4) is 0 Å². The molecule has 98 heavy (non-hydrogen) atoms. The molecule has 0 radical (unpaired) electrons. The highest BCUT2D eigenvalue weighted by molar-refractivity contribution is 5.77. The van der Waals surface area contributed by atoms with Crippen molar-refractivity contribution in [2.75, 3.05) is 33.0 Å². The van der Waals surface area contributed by atoms with Gasteiger partial charge in [-0.1, -0.05) is 200 Å². The third-order valence-electron chi connectivity index (χ3n) is 19.6. The lowest BCUT2D eigenvalue weighted by Gasteiger charge is -2.52. The number of ketones is 1. The Kier molecular flexibility index (Phi) is 43.2. The van der Waals surface area contributed by atoms with Gasteiger partial charge in [-0.05, 0) is 19.8 Å². The number of amides is 2. The summed E-state index contributed by atoms with van der Waals surface area (Å²) in [6.45, 7) is 2.01. The standard InChI is InChI=1S/C70H128N2O26/c1-5-7-9-11-13-15-17-19-20-21-22-24-26-28-30-32-34-36-54(82)72-47(48(79)35-33-31-29-27-25-23-18-16-14-12-10-8-6-2)43-91-67-60(87)59(86)62(52(41-75)93-67)95-68-61(88)65(63(53(42-76)94-68)96-66-46(37-44(3)77)56(83)58(85)51(40-74)92-66)98-70(69(89)90)38-49(80)55(71-45(4)78)64(97-70)57(84)50(81)39-73/h46-53,55-68,73-76,79-81,83-88H,5-43H2,1-4H3,(H,71,78)(H,72,82)(H,89,90). The Balaban J connectivity index is 1.51. The minimum atomic E-state index is -3.26. The van der Waals surface area contributed by atoms with Gasteiger partial charge in [0.15, 0.2) is 18.9 Å². The quantitative estimate of drug-likeness (QED) is 0.0389. The van der Waals surface area contributed by atoms with Crippen molar-refractivity contribution in [2.45, 2.75) is 380 Å². The van der Waals surface area contributed by atoms with Crippen LogP contribution >= 0.6 is 0 Å². The summed E-state index contributed by atoms with van der Waals surface area (Å²) in [4.78, 5) is 52.1. The van der Waals surface area contributed by atoms with E-state index in [-0.39, 0.29) is 12.3 Å². The predicted molar refractivity (Wildman–Crippen MR) is 356 cm³/mol. The molecule has 16 N–H and O–H groups in total. The average Bonchev–Trinajstić information content (AvgIpc) is 0.751. The number of rotatable bonds is 53. The van der Waals surface area contributed by atoms with Gasteiger partial charge in [0, 0.05) is 32.1 Å². The molecule has 0 aromatic rings. The summed E-state index contributed by atoms with van der Waals surface area (Å²) in [5.74, 6) is -8.50. The lowest BCUT2D eigenvalue weighted by molar-refractivity contribution is -0.403. The van der Waals surface area contributed by atoms with E-state index < -0.39 is 204 Å². The van der Waals surface area contributed by atoms with Crippen molar-refractivity contribution in [1.29, 1.82) is 0 Å². The van der Waals surface area contributed by atoms with Crippen LogP contribution in [0.2, 0.25) is 0 Å². The van der Waals surface area contributed by atoms with Crippen LogP contribution in [0.5, 0.6) is 0 Å². The molecule has 0 aromatic carbocycles. The second kappa shape index (κ2) is 48.3. The minimum Gasteiger partial charge on any atom is -0.477 e. The van der Waals surface area contributed by atoms with Crippen LogP contribution in [0.15, 0.2) is 0 Å². The Morgan fingerprint density at radius 2 is 0.980 bits per heavy atom. The van der Waals surface area contributed by atoms with E-state index in [4.69, 9.17) is 37.9 Å². The maximum absolute atomic E-state index is 13.6. The highest BCUT2D eigenvalue weighted by Crippen LogP contribution is 2.41. The topological polar surface area (TPSA) is 449 Å². The van der Waals surface area contributed by atoms with E-state index in [0.717, 1.165) is 65.2 Å². The number of carboxylic acid groups (broad SMARTS) is 1. The fourth-order valence-electron chi connectivity index (χ4n) is 13.7. The Morgan fingerprint density at radius 1 is 0.520 bits per heavy atom. The molecule has 0 aromatic heterocycles. The number of hydrogen-bond donors (Lipinski definition) is 16. The van der Waals surface area contributed by atoms with Crippen LogP contribution in [-0.2, 0) is 57.1 Å². The van der Waals surface area contributed by atoms with Gasteiger partial charge >= 0.3 is 5.97 Å². The number of nitrogens with one attached hydrogen (secondary N) is 2. The first-order valence-electron chi connectivity index (χ1n) is 37.1. The molecule has 4 saturated heterocycles. The smallest absolute Gasteiger partial charge is 0.364 e. The summed E-state index contributed by atoms with van der Waals surface area (Å²) >= 11 is 0. The second-order valence-corrected chi connectivity index (χ2v) is 27.9. The van der Waals surface area contributed by atoms with Crippen LogP contribution in [0.1, 0.15) is 246 Å². The molecule has 4 aliphatic heterocycles. The molecule has 574 valence electrons. The summed E-state index contributed by atoms with van der Waals surface area (Å²) in [5, 5.41) is 161. The third kappa shape index (κ3) is 29.1. The summed E-state index contributed by atoms with van der Waals surface area (Å²) in [7, 11) is 0. The van der Waals surface area contributed by atoms with Crippen molar-refractivity contribution < 1.29 is 129 Å². The summed E-state index contributed by atoms with van der Waals surface area (Å²) in [6, 6.07) is -2.70. The summed E-state index contributed by atoms with van der Waals surface area (Å²) < 4.78 is 48.2. The van der Waals surface area contributed by atoms with Gasteiger partial charge in [-0.3, -0.25) is 9.59 Å². The van der Waals surface area contributed by atoms with E-state index >= 15 is 0 Å². The molecule has 4 fully saturated rings. The fraction of sp³-hybridized carbons (Fsp3) is 0.943. The van der Waals surface area contributed by atoms with Gasteiger partial charge in [0.25, 0.3) is 5.79 Å². The average molecular weight is 1410 g/mol. The molecule has 23 atom stereocenters. The zero-order chi connectivity index (χ0) is 72.2. The number of aliphatic carboxylic acids is 1. The Morgan fingerprint density at radius 3 is 1.45 bits per heavy atom. The number of unbranched alkanes of at least 4 members (excludes halogenated alkanes) is 28. The van der Waals surface area contributed by atoms with Crippen LogP contribution in [-0.4, -0.2) is 262 Å². The maximum atomic E-state index is 13.6. The minimum absolute atomic E-state index is 0.189. The van der Waals surface area contributed by atoms with Crippen LogP contribution < -0.4 is 10.6 Å². The van der Waals surface area contributed by atoms with E-state index in [9.17, 15) is 90.7 Å². The highest BCUT2D eigenvalue weighted by atomic mass is 16.8. The first-order valence-corrected chi connectivity index (χ1v) is 37.1. The van der Waals surface area contributed by atoms with Crippen molar-refractivity contribution in [3.8, 4) is 0 Å². The largest absolute Gasteiger partial charge is 0.477 e. The molecule has 0 spiro atoms. The Hall–Kier alpha value is -2.76. The van der Waals surface area contributed by atoms with E-state index in [2.05, 4.69) is 24.5 Å². The van der Waals surface area contributed by atoms with Gasteiger partial charge < -0.3 is 125 Å². The summed E-state index contributed by atoms with van der Waals surface area (Å²) in [6.07, 6.45) is -3.37. The number of ether oxygens (including phenoxy) is 8. The van der Waals surface area contributed by atoms with E-state index in [1.165, 1.54) is 128 Å². The molecular formula is C70H128N2O26. The molecule has 4 aliphatic rings. The SMILES string of the molecule is CCCCCCCCCCCCCCCCCCCC(=O)NC(COC1OC(CO)C(OC2OC(CO)C(OC3OC(CO)C(O)C(O)C3CC(C)=O)C(OC3(C(=O)O)CC(O)C(NC(C)=O)C(C(O)C(O)CO)O3)C2O)C(O)C1O)C(O)CCCCCCCCCCCCCCC. The molecule has 0 aliphatic carbocycles. The Bertz CT molecular complexity index is 2160. The van der Waals surface area contributed by atoms with Gasteiger partial charge in [0.1, 0.15) is 85.1 Å². The normalized spacial score (nSPS) is 31.9. The zero-order valence-corrected chi connectivity index (χ0v) is 58.9. The van der Waals surface area contributed by atoms with Crippen molar-refractivity contribution in [2.24, 2.45) is 5.92 Å². The van der Waals surface area contributed by atoms with Crippen LogP contribution in [0, 0.1) is 5.92 Å². The third-order valence-corrected chi connectivity index (χ3v) is 19.6. The number of carbonyl (C=O) groups is 4. The monoisotopic (exact) mass is 1410 g/mol. The number of Topliss-reactive ketones (excluding diaryl/α,β-unsaturated/α-hetero) is 1. The zero-order valence-electron chi connectivity index (χ0n) is 58.9. The molecule has 4 rings (SSSR count). The number of carboxylic acids is 1. The van der Waals surface area contributed by atoms with E-state index in [1.54, 1.807) is 0 Å². The first kappa shape index (κ1) is 87.6.